The van der Waals surface area contributed by atoms with Crippen LogP contribution in [0.2, 0.25) is 0 Å². The predicted molar refractivity (Wildman–Crippen MR) is 118 cm³/mol. The zero-order chi connectivity index (χ0) is 21.0. The average molecular weight is 443 g/mol. The molecule has 3 aromatic rings. The van der Waals surface area contributed by atoms with Crippen molar-refractivity contribution >= 4 is 32.4 Å². The highest BCUT2D eigenvalue weighted by molar-refractivity contribution is 7.89. The van der Waals surface area contributed by atoms with Crippen LogP contribution >= 0.6 is 11.3 Å². The number of anilines is 1. The van der Waals surface area contributed by atoms with Gasteiger partial charge in [-0.15, -0.1) is 11.3 Å². The lowest BCUT2D eigenvalue weighted by atomic mass is 10.2. The van der Waals surface area contributed by atoms with E-state index >= 15 is 0 Å². The van der Waals surface area contributed by atoms with Crippen molar-refractivity contribution in [1.29, 1.82) is 0 Å². The van der Waals surface area contributed by atoms with Gasteiger partial charge in [0.1, 0.15) is 0 Å². The fourth-order valence-corrected chi connectivity index (χ4v) is 5.48. The van der Waals surface area contributed by atoms with E-state index in [2.05, 4.69) is 10.3 Å². The Hall–Kier alpha value is -2.59. The van der Waals surface area contributed by atoms with E-state index in [0.29, 0.717) is 36.2 Å². The van der Waals surface area contributed by atoms with Crippen LogP contribution in [-0.4, -0.2) is 61.2 Å². The summed E-state index contributed by atoms with van der Waals surface area (Å²) in [5.74, 6) is -0.150. The first-order chi connectivity index (χ1) is 14.5. The molecule has 1 saturated heterocycles. The minimum Gasteiger partial charge on any atom is -0.301 e. The quantitative estimate of drug-likeness (QED) is 0.635. The Balaban J connectivity index is 1.29. The first kappa shape index (κ1) is 20.7. The van der Waals surface area contributed by atoms with Crippen molar-refractivity contribution in [2.24, 2.45) is 0 Å². The molecule has 1 aliphatic rings. The molecule has 0 bridgehead atoms. The zero-order valence-electron chi connectivity index (χ0n) is 16.3. The van der Waals surface area contributed by atoms with Crippen LogP contribution in [-0.2, 0) is 14.8 Å². The number of hydrogen-bond acceptors (Lipinski definition) is 6. The molecule has 0 atom stereocenters. The van der Waals surface area contributed by atoms with Crippen molar-refractivity contribution < 1.29 is 13.2 Å². The van der Waals surface area contributed by atoms with Gasteiger partial charge >= 0.3 is 0 Å². The number of benzene rings is 2. The molecule has 30 heavy (non-hydrogen) atoms. The summed E-state index contributed by atoms with van der Waals surface area (Å²) in [5, 5.41) is 5.32. The Morgan fingerprint density at radius 3 is 2.27 bits per heavy atom. The number of piperazine rings is 1. The van der Waals surface area contributed by atoms with Crippen LogP contribution in [0.3, 0.4) is 0 Å². The molecular weight excluding hydrogens is 420 g/mol. The largest absolute Gasteiger partial charge is 0.301 e. The van der Waals surface area contributed by atoms with Gasteiger partial charge in [-0.1, -0.05) is 48.5 Å². The molecule has 0 saturated carbocycles. The second kappa shape index (κ2) is 9.05. The Bertz CT molecular complexity index is 1090. The molecule has 2 aromatic carbocycles. The molecule has 2 heterocycles. The number of hydrogen-bond donors (Lipinski definition) is 1. The van der Waals surface area contributed by atoms with Gasteiger partial charge in [-0.05, 0) is 12.1 Å². The van der Waals surface area contributed by atoms with E-state index < -0.39 is 10.0 Å². The van der Waals surface area contributed by atoms with E-state index in [1.807, 2.05) is 40.6 Å². The zero-order valence-corrected chi connectivity index (χ0v) is 17.9. The fourth-order valence-electron chi connectivity index (χ4n) is 3.30. The fraction of sp³-hybridized carbons (Fsp3) is 0.238. The number of amides is 1. The maximum Gasteiger partial charge on any atom is 0.243 e. The molecule has 7 nitrogen and oxygen atoms in total. The number of sulfonamides is 1. The number of nitrogens with zero attached hydrogens (tertiary/aromatic N) is 3. The van der Waals surface area contributed by atoms with Crippen LogP contribution in [0, 0.1) is 0 Å². The topological polar surface area (TPSA) is 82.6 Å². The van der Waals surface area contributed by atoms with Gasteiger partial charge < -0.3 is 5.32 Å². The average Bonchev–Trinajstić information content (AvgIpc) is 3.24. The lowest BCUT2D eigenvalue weighted by Crippen LogP contribution is -2.50. The van der Waals surface area contributed by atoms with E-state index in [1.165, 1.54) is 15.6 Å². The number of rotatable bonds is 6. The van der Waals surface area contributed by atoms with Crippen LogP contribution in [0.5, 0.6) is 0 Å². The maximum absolute atomic E-state index is 12.7. The van der Waals surface area contributed by atoms with Crippen molar-refractivity contribution in [2.75, 3.05) is 38.0 Å². The Labute approximate surface area is 180 Å². The third-order valence-electron chi connectivity index (χ3n) is 4.90. The number of carbonyl (C=O) groups is 1. The first-order valence-electron chi connectivity index (χ1n) is 9.61. The maximum atomic E-state index is 12.7. The van der Waals surface area contributed by atoms with E-state index in [9.17, 15) is 13.2 Å². The van der Waals surface area contributed by atoms with E-state index in [1.54, 1.807) is 30.3 Å². The van der Waals surface area contributed by atoms with E-state index in [4.69, 9.17) is 0 Å². The predicted octanol–water partition coefficient (Wildman–Crippen LogP) is 2.76. The second-order valence-corrected chi connectivity index (χ2v) is 9.74. The molecule has 1 amide bonds. The molecule has 0 unspecified atom stereocenters. The molecule has 1 aliphatic heterocycles. The third-order valence-corrected chi connectivity index (χ3v) is 7.57. The number of carbonyl (C=O) groups excluding carboxylic acids is 1. The number of aromatic nitrogens is 1. The summed E-state index contributed by atoms with van der Waals surface area (Å²) in [5.41, 5.74) is 1.83. The molecular formula is C21H22N4O3S2. The lowest BCUT2D eigenvalue weighted by Gasteiger charge is -2.33. The number of nitrogens with one attached hydrogen (secondary N) is 1. The van der Waals surface area contributed by atoms with Gasteiger partial charge in [0.05, 0.1) is 17.1 Å². The van der Waals surface area contributed by atoms with Gasteiger partial charge in [-0.2, -0.15) is 4.31 Å². The monoisotopic (exact) mass is 442 g/mol. The van der Waals surface area contributed by atoms with Crippen LogP contribution in [0.4, 0.5) is 5.13 Å². The van der Waals surface area contributed by atoms with Crippen LogP contribution in [0.25, 0.3) is 11.3 Å². The Kier molecular flexibility index (Phi) is 6.24. The van der Waals surface area contributed by atoms with Crippen molar-refractivity contribution in [1.82, 2.24) is 14.2 Å². The molecule has 1 aromatic heterocycles. The molecule has 0 spiro atoms. The molecule has 1 fully saturated rings. The molecule has 4 rings (SSSR count). The summed E-state index contributed by atoms with van der Waals surface area (Å²) < 4.78 is 26.9. The van der Waals surface area contributed by atoms with Crippen LogP contribution in [0.15, 0.2) is 70.9 Å². The molecule has 0 aliphatic carbocycles. The summed E-state index contributed by atoms with van der Waals surface area (Å²) in [6, 6.07) is 18.2. The highest BCUT2D eigenvalue weighted by atomic mass is 32.2. The minimum atomic E-state index is -3.49. The van der Waals surface area contributed by atoms with E-state index in [-0.39, 0.29) is 12.5 Å². The highest BCUT2D eigenvalue weighted by Gasteiger charge is 2.28. The summed E-state index contributed by atoms with van der Waals surface area (Å²) in [4.78, 5) is 19.1. The lowest BCUT2D eigenvalue weighted by molar-refractivity contribution is -0.117. The normalized spacial score (nSPS) is 15.7. The van der Waals surface area contributed by atoms with E-state index in [0.717, 1.165) is 11.3 Å². The number of thiazole rings is 1. The second-order valence-electron chi connectivity index (χ2n) is 6.95. The smallest absolute Gasteiger partial charge is 0.243 e. The minimum absolute atomic E-state index is 0.150. The molecule has 0 radical (unpaired) electrons. The third kappa shape index (κ3) is 4.76. The van der Waals surface area contributed by atoms with Crippen LogP contribution in [0.1, 0.15) is 0 Å². The van der Waals surface area contributed by atoms with Gasteiger partial charge in [0, 0.05) is 37.1 Å². The van der Waals surface area contributed by atoms with Crippen molar-refractivity contribution in [3.05, 3.63) is 66.0 Å². The first-order valence-corrected chi connectivity index (χ1v) is 11.9. The summed E-state index contributed by atoms with van der Waals surface area (Å²) in [7, 11) is -3.49. The van der Waals surface area contributed by atoms with Crippen LogP contribution < -0.4 is 5.32 Å². The van der Waals surface area contributed by atoms with Crippen molar-refractivity contribution in [3.63, 3.8) is 0 Å². The molecule has 9 heteroatoms. The van der Waals surface area contributed by atoms with Gasteiger partial charge in [0.15, 0.2) is 5.13 Å². The van der Waals surface area contributed by atoms with Gasteiger partial charge in [-0.25, -0.2) is 13.4 Å². The Morgan fingerprint density at radius 1 is 0.967 bits per heavy atom. The molecule has 1 N–H and O–H groups in total. The SMILES string of the molecule is O=C(CN1CCN(S(=O)(=O)c2ccccc2)CC1)Nc1nc(-c2ccccc2)cs1. The van der Waals surface area contributed by atoms with Crippen molar-refractivity contribution in [2.45, 2.75) is 4.90 Å². The highest BCUT2D eigenvalue weighted by Crippen LogP contribution is 2.24. The van der Waals surface area contributed by atoms with Gasteiger partial charge in [0.2, 0.25) is 15.9 Å². The van der Waals surface area contributed by atoms with Gasteiger partial charge in [0.25, 0.3) is 0 Å². The standard InChI is InChI=1S/C21H22N4O3S2/c26-20(23-21-22-19(16-29-21)17-7-3-1-4-8-17)15-24-11-13-25(14-12-24)30(27,28)18-9-5-2-6-10-18/h1-10,16H,11-15H2,(H,22,23,26). The molecule has 156 valence electrons. The van der Waals surface area contributed by atoms with Gasteiger partial charge in [-0.3, -0.25) is 9.69 Å². The summed E-state index contributed by atoms with van der Waals surface area (Å²) in [6.45, 7) is 1.94. The Morgan fingerprint density at radius 2 is 1.60 bits per heavy atom. The summed E-state index contributed by atoms with van der Waals surface area (Å²) in [6.07, 6.45) is 0. The summed E-state index contributed by atoms with van der Waals surface area (Å²) >= 11 is 1.39. The van der Waals surface area contributed by atoms with Crippen molar-refractivity contribution in [3.8, 4) is 11.3 Å².